The van der Waals surface area contributed by atoms with E-state index >= 15 is 0 Å². The number of carbonyl (C=O) groups is 1. The molecule has 1 aliphatic heterocycles. The van der Waals surface area contributed by atoms with Gasteiger partial charge in [0, 0.05) is 24.5 Å². The number of sulfonamides is 1. The largest absolute Gasteiger partial charge is 0.337 e. The average molecular weight is 372 g/mol. The van der Waals surface area contributed by atoms with Crippen molar-refractivity contribution >= 4 is 38.6 Å². The highest BCUT2D eigenvalue weighted by molar-refractivity contribution is 7.88. The van der Waals surface area contributed by atoms with Crippen molar-refractivity contribution < 1.29 is 13.2 Å². The van der Waals surface area contributed by atoms with Gasteiger partial charge in [-0.1, -0.05) is 6.07 Å². The number of thiophene rings is 1. The van der Waals surface area contributed by atoms with Crippen molar-refractivity contribution in [1.29, 1.82) is 0 Å². The Morgan fingerprint density at radius 2 is 2.09 bits per heavy atom. The van der Waals surface area contributed by atoms with Crippen LogP contribution in [0.4, 0.5) is 0 Å². The molecule has 0 unspecified atom stereocenters. The van der Waals surface area contributed by atoms with E-state index in [-0.39, 0.29) is 11.9 Å². The molecule has 0 aromatic carbocycles. The second-order valence-corrected chi connectivity index (χ2v) is 9.06. The van der Waals surface area contributed by atoms with Gasteiger partial charge >= 0.3 is 0 Å². The Morgan fingerprint density at radius 3 is 2.70 bits per heavy atom. The molecular formula is C14H17N3O3S3. The zero-order valence-electron chi connectivity index (χ0n) is 12.6. The summed E-state index contributed by atoms with van der Waals surface area (Å²) in [6, 6.07) is 3.86. The van der Waals surface area contributed by atoms with Gasteiger partial charge in [-0.15, -0.1) is 22.7 Å². The van der Waals surface area contributed by atoms with Gasteiger partial charge in [0.2, 0.25) is 10.0 Å². The van der Waals surface area contributed by atoms with Crippen molar-refractivity contribution in [2.75, 3.05) is 19.3 Å². The summed E-state index contributed by atoms with van der Waals surface area (Å²) in [7, 11) is -3.20. The second-order valence-electron chi connectivity index (χ2n) is 5.47. The molecule has 2 aromatic rings. The third kappa shape index (κ3) is 4.17. The first kappa shape index (κ1) is 16.6. The summed E-state index contributed by atoms with van der Waals surface area (Å²) in [6.45, 7) is 1.08. The Labute approximate surface area is 143 Å². The third-order valence-corrected chi connectivity index (χ3v) is 6.26. The van der Waals surface area contributed by atoms with Crippen LogP contribution in [0.3, 0.4) is 0 Å². The van der Waals surface area contributed by atoms with Crippen LogP contribution in [0.5, 0.6) is 0 Å². The monoisotopic (exact) mass is 371 g/mol. The summed E-state index contributed by atoms with van der Waals surface area (Å²) in [6.07, 6.45) is 2.41. The number of nitrogens with zero attached hydrogens (tertiary/aromatic N) is 2. The Kier molecular flexibility index (Phi) is 4.81. The Bertz CT molecular complexity index is 775. The summed E-state index contributed by atoms with van der Waals surface area (Å²) in [5.41, 5.74) is 0.466. The third-order valence-electron chi connectivity index (χ3n) is 3.62. The maximum Gasteiger partial charge on any atom is 0.273 e. The molecule has 1 aliphatic rings. The van der Waals surface area contributed by atoms with E-state index in [1.54, 1.807) is 21.6 Å². The van der Waals surface area contributed by atoms with Crippen molar-refractivity contribution in [3.8, 4) is 9.88 Å². The molecule has 2 aromatic heterocycles. The number of hydrogen-bond donors (Lipinski definition) is 1. The predicted octanol–water partition coefficient (Wildman–Crippen LogP) is 2.03. The van der Waals surface area contributed by atoms with Gasteiger partial charge in [0.15, 0.2) is 0 Å². The van der Waals surface area contributed by atoms with Crippen LogP contribution in [-0.2, 0) is 10.0 Å². The lowest BCUT2D eigenvalue weighted by Crippen LogP contribution is -2.46. The summed E-state index contributed by atoms with van der Waals surface area (Å²) in [5, 5.41) is 4.63. The van der Waals surface area contributed by atoms with Gasteiger partial charge in [0.05, 0.1) is 11.1 Å². The Hall–Kier alpha value is -1.29. The minimum absolute atomic E-state index is 0.0816. The number of nitrogens with one attached hydrogen (secondary N) is 1. The van der Waals surface area contributed by atoms with Gasteiger partial charge in [-0.2, -0.15) is 0 Å². The summed E-state index contributed by atoms with van der Waals surface area (Å²) in [4.78, 5) is 19.7. The molecule has 3 heterocycles. The van der Waals surface area contributed by atoms with E-state index in [1.807, 2.05) is 17.5 Å². The second kappa shape index (κ2) is 6.68. The number of carbonyl (C=O) groups excluding carboxylic acids is 1. The number of aromatic nitrogens is 1. The molecule has 6 nitrogen and oxygen atoms in total. The highest BCUT2D eigenvalue weighted by Gasteiger charge is 2.26. The molecule has 1 fully saturated rings. The molecule has 0 bridgehead atoms. The van der Waals surface area contributed by atoms with Crippen LogP contribution in [0, 0.1) is 0 Å². The normalized spacial score (nSPS) is 16.7. The fourth-order valence-electron chi connectivity index (χ4n) is 2.55. The molecule has 1 saturated heterocycles. The summed E-state index contributed by atoms with van der Waals surface area (Å²) in [5.74, 6) is -0.0816. The lowest BCUT2D eigenvalue weighted by Gasteiger charge is -2.31. The van der Waals surface area contributed by atoms with Gasteiger partial charge in [0.25, 0.3) is 5.91 Å². The fourth-order valence-corrected chi connectivity index (χ4v) is 5.00. The number of piperidine rings is 1. The van der Waals surface area contributed by atoms with Crippen LogP contribution in [0.1, 0.15) is 23.3 Å². The number of likely N-dealkylation sites (tertiary alicyclic amines) is 1. The van der Waals surface area contributed by atoms with Crippen molar-refractivity contribution in [2.45, 2.75) is 18.9 Å². The van der Waals surface area contributed by atoms with Gasteiger partial charge < -0.3 is 4.90 Å². The van der Waals surface area contributed by atoms with Crippen LogP contribution < -0.4 is 4.72 Å². The van der Waals surface area contributed by atoms with E-state index in [4.69, 9.17) is 0 Å². The molecule has 0 spiro atoms. The summed E-state index contributed by atoms with van der Waals surface area (Å²) < 4.78 is 25.1. The van der Waals surface area contributed by atoms with E-state index in [0.717, 1.165) is 16.1 Å². The molecule has 0 aliphatic carbocycles. The molecule has 124 valence electrons. The fraction of sp³-hybridized carbons (Fsp3) is 0.429. The van der Waals surface area contributed by atoms with Crippen molar-refractivity contribution in [1.82, 2.24) is 14.6 Å². The first-order valence-corrected chi connectivity index (χ1v) is 10.8. The smallest absolute Gasteiger partial charge is 0.273 e. The molecular weight excluding hydrogens is 354 g/mol. The highest BCUT2D eigenvalue weighted by Crippen LogP contribution is 2.28. The highest BCUT2D eigenvalue weighted by atomic mass is 32.2. The quantitative estimate of drug-likeness (QED) is 0.892. The zero-order valence-corrected chi connectivity index (χ0v) is 15.0. The Balaban J connectivity index is 1.62. The van der Waals surface area contributed by atoms with E-state index < -0.39 is 10.0 Å². The molecule has 23 heavy (non-hydrogen) atoms. The number of hydrogen-bond acceptors (Lipinski definition) is 6. The molecule has 0 saturated carbocycles. The van der Waals surface area contributed by atoms with Gasteiger partial charge in [-0.3, -0.25) is 4.79 Å². The maximum atomic E-state index is 12.5. The van der Waals surface area contributed by atoms with E-state index in [2.05, 4.69) is 9.71 Å². The number of amides is 1. The Morgan fingerprint density at radius 1 is 1.35 bits per heavy atom. The van der Waals surface area contributed by atoms with Crippen LogP contribution in [0.2, 0.25) is 0 Å². The molecule has 9 heteroatoms. The van der Waals surface area contributed by atoms with Crippen LogP contribution in [0.25, 0.3) is 9.88 Å². The number of rotatable bonds is 4. The van der Waals surface area contributed by atoms with E-state index in [0.29, 0.717) is 31.6 Å². The lowest BCUT2D eigenvalue weighted by atomic mass is 10.1. The summed E-state index contributed by atoms with van der Waals surface area (Å²) >= 11 is 3.07. The van der Waals surface area contributed by atoms with Crippen LogP contribution >= 0.6 is 22.7 Å². The minimum Gasteiger partial charge on any atom is -0.337 e. The maximum absolute atomic E-state index is 12.5. The molecule has 0 atom stereocenters. The van der Waals surface area contributed by atoms with Gasteiger partial charge in [-0.05, 0) is 24.3 Å². The van der Waals surface area contributed by atoms with E-state index in [1.165, 1.54) is 11.3 Å². The van der Waals surface area contributed by atoms with Crippen molar-refractivity contribution in [3.05, 3.63) is 28.6 Å². The minimum atomic E-state index is -3.20. The van der Waals surface area contributed by atoms with Crippen LogP contribution in [0.15, 0.2) is 22.9 Å². The first-order valence-electron chi connectivity index (χ1n) is 7.18. The van der Waals surface area contributed by atoms with Crippen molar-refractivity contribution in [2.24, 2.45) is 0 Å². The average Bonchev–Trinajstić information content (AvgIpc) is 3.17. The van der Waals surface area contributed by atoms with E-state index in [9.17, 15) is 13.2 Å². The first-order chi connectivity index (χ1) is 10.9. The lowest BCUT2D eigenvalue weighted by molar-refractivity contribution is 0.0706. The molecule has 1 amide bonds. The molecule has 0 radical (unpaired) electrons. The molecule has 1 N–H and O–H groups in total. The standard InChI is InChI=1S/C14H17N3O3S3/c1-23(19,20)16-10-4-6-17(7-5-10)14(18)11-9-22-13(15-11)12-3-2-8-21-12/h2-3,8-10,16H,4-7H2,1H3. The topological polar surface area (TPSA) is 79.4 Å². The van der Waals surface area contributed by atoms with Crippen LogP contribution in [-0.4, -0.2) is 49.6 Å². The number of thiazole rings is 1. The SMILES string of the molecule is CS(=O)(=O)NC1CCN(C(=O)c2csc(-c3cccs3)n2)CC1. The van der Waals surface area contributed by atoms with Crippen molar-refractivity contribution in [3.63, 3.8) is 0 Å². The molecule has 3 rings (SSSR count). The zero-order chi connectivity index (χ0) is 16.4. The van der Waals surface area contributed by atoms with Gasteiger partial charge in [-0.25, -0.2) is 18.1 Å². The predicted molar refractivity (Wildman–Crippen MR) is 92.3 cm³/mol. The van der Waals surface area contributed by atoms with Gasteiger partial charge in [0.1, 0.15) is 10.7 Å².